The average molecular weight is 219 g/mol. The summed E-state index contributed by atoms with van der Waals surface area (Å²) in [5.74, 6) is 0. The molecule has 0 spiro atoms. The van der Waals surface area contributed by atoms with Gasteiger partial charge in [0.2, 0.25) is 0 Å². The van der Waals surface area contributed by atoms with Crippen LogP contribution < -0.4 is 5.73 Å². The number of aromatic nitrogens is 1. The van der Waals surface area contributed by atoms with Crippen LogP contribution in [0.2, 0.25) is 10.2 Å². The fourth-order valence-corrected chi connectivity index (χ4v) is 1.95. The second-order valence-corrected chi connectivity index (χ2v) is 3.73. The minimum absolute atomic E-state index is 0.131. The molecule has 0 bridgehead atoms. The van der Waals surface area contributed by atoms with Crippen molar-refractivity contribution in [3.63, 3.8) is 0 Å². The maximum Gasteiger partial charge on any atom is 0.135 e. The zero-order valence-corrected chi connectivity index (χ0v) is 9.15. The molecule has 2 N–H and O–H groups in total. The zero-order valence-electron chi connectivity index (χ0n) is 7.64. The molecule has 72 valence electrons. The first-order chi connectivity index (χ1) is 6.06. The number of hydrogen-bond donors (Lipinski definition) is 1. The van der Waals surface area contributed by atoms with Crippen LogP contribution in [0.3, 0.4) is 0 Å². The van der Waals surface area contributed by atoms with Crippen molar-refractivity contribution in [2.24, 2.45) is 5.73 Å². The first kappa shape index (κ1) is 10.8. The topological polar surface area (TPSA) is 38.9 Å². The SMILES string of the molecule is CCC(N)c1c(Cl)cc(C)nc1Cl. The Balaban J connectivity index is 3.20. The lowest BCUT2D eigenvalue weighted by Gasteiger charge is -2.12. The van der Waals surface area contributed by atoms with E-state index in [0.717, 1.165) is 17.7 Å². The van der Waals surface area contributed by atoms with Gasteiger partial charge in [0, 0.05) is 17.3 Å². The lowest BCUT2D eigenvalue weighted by Crippen LogP contribution is -2.11. The van der Waals surface area contributed by atoms with Gasteiger partial charge in [0.05, 0.1) is 5.02 Å². The molecule has 1 aromatic heterocycles. The predicted molar refractivity (Wildman–Crippen MR) is 56.2 cm³/mol. The van der Waals surface area contributed by atoms with Gasteiger partial charge < -0.3 is 5.73 Å². The van der Waals surface area contributed by atoms with Crippen LogP contribution in [0.5, 0.6) is 0 Å². The van der Waals surface area contributed by atoms with Crippen LogP contribution >= 0.6 is 23.2 Å². The molecule has 0 amide bonds. The van der Waals surface area contributed by atoms with E-state index in [1.54, 1.807) is 6.07 Å². The van der Waals surface area contributed by atoms with Gasteiger partial charge in [-0.3, -0.25) is 0 Å². The second kappa shape index (κ2) is 4.27. The lowest BCUT2D eigenvalue weighted by atomic mass is 10.1. The molecule has 1 heterocycles. The summed E-state index contributed by atoms with van der Waals surface area (Å²) in [6.45, 7) is 3.83. The summed E-state index contributed by atoms with van der Waals surface area (Å²) in [5.41, 5.74) is 7.39. The molecular weight excluding hydrogens is 207 g/mol. The molecule has 1 unspecified atom stereocenters. The summed E-state index contributed by atoms with van der Waals surface area (Å²) in [5, 5.41) is 1.02. The summed E-state index contributed by atoms with van der Waals surface area (Å²) >= 11 is 11.9. The predicted octanol–water partition coefficient (Wildman–Crippen LogP) is 3.11. The van der Waals surface area contributed by atoms with Crippen molar-refractivity contribution in [2.75, 3.05) is 0 Å². The Morgan fingerprint density at radius 2 is 2.15 bits per heavy atom. The van der Waals surface area contributed by atoms with Crippen molar-refractivity contribution in [3.8, 4) is 0 Å². The molecule has 0 fully saturated rings. The number of pyridine rings is 1. The Morgan fingerprint density at radius 1 is 1.54 bits per heavy atom. The third kappa shape index (κ3) is 2.33. The highest BCUT2D eigenvalue weighted by molar-refractivity contribution is 6.35. The second-order valence-electron chi connectivity index (χ2n) is 2.96. The molecule has 0 radical (unpaired) electrons. The molecule has 0 aliphatic rings. The average Bonchev–Trinajstić information content (AvgIpc) is 2.02. The first-order valence-electron chi connectivity index (χ1n) is 4.14. The fourth-order valence-electron chi connectivity index (χ4n) is 1.14. The Morgan fingerprint density at radius 3 is 2.62 bits per heavy atom. The number of nitrogens with zero attached hydrogens (tertiary/aromatic N) is 1. The van der Waals surface area contributed by atoms with E-state index in [0.29, 0.717) is 10.2 Å². The van der Waals surface area contributed by atoms with Gasteiger partial charge >= 0.3 is 0 Å². The highest BCUT2D eigenvalue weighted by Gasteiger charge is 2.14. The molecule has 1 rings (SSSR count). The standard InChI is InChI=1S/C9H12Cl2N2/c1-3-7(12)8-6(10)4-5(2)13-9(8)11/h4,7H,3,12H2,1-2H3. The van der Waals surface area contributed by atoms with Crippen molar-refractivity contribution in [1.29, 1.82) is 0 Å². The Hall–Kier alpha value is -0.310. The largest absolute Gasteiger partial charge is 0.324 e. The van der Waals surface area contributed by atoms with Crippen LogP contribution in [-0.2, 0) is 0 Å². The number of halogens is 2. The highest BCUT2D eigenvalue weighted by Crippen LogP contribution is 2.29. The van der Waals surface area contributed by atoms with E-state index in [1.165, 1.54) is 0 Å². The van der Waals surface area contributed by atoms with Crippen LogP contribution in [0.1, 0.15) is 30.6 Å². The van der Waals surface area contributed by atoms with Crippen molar-refractivity contribution in [3.05, 3.63) is 27.5 Å². The lowest BCUT2D eigenvalue weighted by molar-refractivity contribution is 0.695. The highest BCUT2D eigenvalue weighted by atomic mass is 35.5. The van der Waals surface area contributed by atoms with Gasteiger partial charge in [0.15, 0.2) is 0 Å². The molecule has 13 heavy (non-hydrogen) atoms. The van der Waals surface area contributed by atoms with Crippen molar-refractivity contribution in [1.82, 2.24) is 4.98 Å². The van der Waals surface area contributed by atoms with Crippen molar-refractivity contribution < 1.29 is 0 Å². The van der Waals surface area contributed by atoms with Crippen LogP contribution in [0.15, 0.2) is 6.07 Å². The quantitative estimate of drug-likeness (QED) is 0.776. The van der Waals surface area contributed by atoms with E-state index < -0.39 is 0 Å². The van der Waals surface area contributed by atoms with E-state index in [4.69, 9.17) is 28.9 Å². The summed E-state index contributed by atoms with van der Waals surface area (Å²) in [6.07, 6.45) is 0.796. The third-order valence-corrected chi connectivity index (χ3v) is 2.50. The van der Waals surface area contributed by atoms with Gasteiger partial charge in [0.25, 0.3) is 0 Å². The number of aryl methyl sites for hydroxylation is 1. The van der Waals surface area contributed by atoms with Gasteiger partial charge in [-0.05, 0) is 19.4 Å². The molecule has 2 nitrogen and oxygen atoms in total. The van der Waals surface area contributed by atoms with Gasteiger partial charge in [0.1, 0.15) is 5.15 Å². The van der Waals surface area contributed by atoms with Gasteiger partial charge in [-0.1, -0.05) is 30.1 Å². The molecule has 0 aliphatic carbocycles. The summed E-state index contributed by atoms with van der Waals surface area (Å²) in [6, 6.07) is 1.64. The summed E-state index contributed by atoms with van der Waals surface area (Å²) in [7, 11) is 0. The summed E-state index contributed by atoms with van der Waals surface area (Å²) < 4.78 is 0. The van der Waals surface area contributed by atoms with Crippen LogP contribution in [0, 0.1) is 6.92 Å². The molecule has 0 saturated carbocycles. The number of nitrogens with two attached hydrogens (primary N) is 1. The fraction of sp³-hybridized carbons (Fsp3) is 0.444. The molecular formula is C9H12Cl2N2. The van der Waals surface area contributed by atoms with Crippen molar-refractivity contribution in [2.45, 2.75) is 26.3 Å². The number of hydrogen-bond acceptors (Lipinski definition) is 2. The zero-order chi connectivity index (χ0) is 10.0. The van der Waals surface area contributed by atoms with Crippen LogP contribution in [0.25, 0.3) is 0 Å². The van der Waals surface area contributed by atoms with E-state index in [1.807, 2.05) is 13.8 Å². The Bertz CT molecular complexity index is 289. The van der Waals surface area contributed by atoms with Crippen molar-refractivity contribution >= 4 is 23.2 Å². The monoisotopic (exact) mass is 218 g/mol. The molecule has 4 heteroatoms. The van der Waals surface area contributed by atoms with Gasteiger partial charge in [-0.2, -0.15) is 0 Å². The molecule has 0 aliphatic heterocycles. The first-order valence-corrected chi connectivity index (χ1v) is 4.90. The maximum absolute atomic E-state index is 6.00. The Kier molecular flexibility index (Phi) is 3.54. The minimum Gasteiger partial charge on any atom is -0.324 e. The maximum atomic E-state index is 6.00. The normalized spacial score (nSPS) is 13.0. The van der Waals surface area contributed by atoms with Gasteiger partial charge in [-0.15, -0.1) is 0 Å². The van der Waals surface area contributed by atoms with Crippen LogP contribution in [0.4, 0.5) is 0 Å². The molecule has 1 aromatic rings. The van der Waals surface area contributed by atoms with E-state index in [9.17, 15) is 0 Å². The third-order valence-electron chi connectivity index (χ3n) is 1.90. The summed E-state index contributed by atoms with van der Waals surface area (Å²) in [4.78, 5) is 4.10. The Labute approximate surface area is 88.1 Å². The van der Waals surface area contributed by atoms with Crippen LogP contribution in [-0.4, -0.2) is 4.98 Å². The van der Waals surface area contributed by atoms with E-state index >= 15 is 0 Å². The molecule has 0 saturated heterocycles. The molecule has 0 aromatic carbocycles. The van der Waals surface area contributed by atoms with E-state index in [-0.39, 0.29) is 6.04 Å². The molecule has 1 atom stereocenters. The smallest absolute Gasteiger partial charge is 0.135 e. The minimum atomic E-state index is -0.131. The number of rotatable bonds is 2. The van der Waals surface area contributed by atoms with Gasteiger partial charge in [-0.25, -0.2) is 4.98 Å². The van der Waals surface area contributed by atoms with E-state index in [2.05, 4.69) is 4.98 Å².